The standard InChI is InChI=1S/C20H19ClNO2/c1-14-2-4-17(5-3-14)20(24)22-12-10-16(11-13-22)19(23)15-6-8-18(21)9-7-15/h2-9,16H,1,10-13H2. The molecule has 1 saturated heterocycles. The summed E-state index contributed by atoms with van der Waals surface area (Å²) in [7, 11) is 0. The number of piperidine rings is 1. The molecule has 0 spiro atoms. The number of nitrogens with zero attached hydrogens (tertiary/aromatic N) is 1. The van der Waals surface area contributed by atoms with Gasteiger partial charge in [-0.25, -0.2) is 0 Å². The molecule has 4 heteroatoms. The number of likely N-dealkylation sites (tertiary alicyclic amines) is 1. The lowest BCUT2D eigenvalue weighted by molar-refractivity contribution is 0.0650. The van der Waals surface area contributed by atoms with Gasteiger partial charge in [0.1, 0.15) is 0 Å². The SMILES string of the molecule is [CH2]c1ccc(C(=O)N2CCC(C(=O)c3ccc(Cl)cc3)CC2)cc1. The van der Waals surface area contributed by atoms with Crippen molar-refractivity contribution in [3.63, 3.8) is 0 Å². The molecule has 1 aliphatic heterocycles. The average molecular weight is 341 g/mol. The summed E-state index contributed by atoms with van der Waals surface area (Å²) < 4.78 is 0. The molecule has 24 heavy (non-hydrogen) atoms. The molecular formula is C20H19ClNO2. The zero-order chi connectivity index (χ0) is 17.1. The molecule has 3 nitrogen and oxygen atoms in total. The lowest BCUT2D eigenvalue weighted by atomic mass is 9.88. The van der Waals surface area contributed by atoms with E-state index in [1.54, 1.807) is 36.4 Å². The monoisotopic (exact) mass is 340 g/mol. The van der Waals surface area contributed by atoms with Crippen LogP contribution in [0.15, 0.2) is 48.5 Å². The molecule has 0 aliphatic carbocycles. The molecule has 1 heterocycles. The number of benzene rings is 2. The Morgan fingerprint density at radius 3 is 2.04 bits per heavy atom. The molecule has 123 valence electrons. The maximum Gasteiger partial charge on any atom is 0.253 e. The van der Waals surface area contributed by atoms with Gasteiger partial charge in [-0.15, -0.1) is 0 Å². The van der Waals surface area contributed by atoms with Gasteiger partial charge < -0.3 is 4.90 Å². The summed E-state index contributed by atoms with van der Waals surface area (Å²) >= 11 is 5.86. The largest absolute Gasteiger partial charge is 0.339 e. The van der Waals surface area contributed by atoms with E-state index < -0.39 is 0 Å². The summed E-state index contributed by atoms with van der Waals surface area (Å²) in [4.78, 5) is 26.9. The molecule has 0 unspecified atom stereocenters. The van der Waals surface area contributed by atoms with E-state index in [9.17, 15) is 9.59 Å². The van der Waals surface area contributed by atoms with Crippen molar-refractivity contribution in [3.05, 3.63) is 77.2 Å². The first-order valence-corrected chi connectivity index (χ1v) is 8.43. The maximum absolute atomic E-state index is 12.5. The fourth-order valence-corrected chi connectivity index (χ4v) is 3.15. The predicted molar refractivity (Wildman–Crippen MR) is 95.3 cm³/mol. The van der Waals surface area contributed by atoms with Crippen molar-refractivity contribution in [2.45, 2.75) is 12.8 Å². The van der Waals surface area contributed by atoms with E-state index in [-0.39, 0.29) is 17.6 Å². The van der Waals surface area contributed by atoms with Crippen molar-refractivity contribution in [3.8, 4) is 0 Å². The van der Waals surface area contributed by atoms with E-state index in [4.69, 9.17) is 11.6 Å². The van der Waals surface area contributed by atoms with Crippen LogP contribution in [0.2, 0.25) is 5.02 Å². The Hall–Kier alpha value is -2.13. The van der Waals surface area contributed by atoms with Gasteiger partial charge in [0.15, 0.2) is 5.78 Å². The predicted octanol–water partition coefficient (Wildman–Crippen LogP) is 4.26. The van der Waals surface area contributed by atoms with Crippen LogP contribution in [-0.4, -0.2) is 29.7 Å². The molecule has 0 atom stereocenters. The van der Waals surface area contributed by atoms with Crippen LogP contribution in [0.25, 0.3) is 0 Å². The van der Waals surface area contributed by atoms with Gasteiger partial charge in [-0.3, -0.25) is 9.59 Å². The van der Waals surface area contributed by atoms with E-state index in [0.29, 0.717) is 42.1 Å². The summed E-state index contributed by atoms with van der Waals surface area (Å²) in [6, 6.07) is 14.3. The number of hydrogen-bond donors (Lipinski definition) is 0. The van der Waals surface area contributed by atoms with Crippen LogP contribution in [0.4, 0.5) is 0 Å². The lowest BCUT2D eigenvalue weighted by Crippen LogP contribution is -2.40. The topological polar surface area (TPSA) is 37.4 Å². The summed E-state index contributed by atoms with van der Waals surface area (Å²) in [5, 5.41) is 0.625. The zero-order valence-electron chi connectivity index (χ0n) is 13.4. The minimum absolute atomic E-state index is 0.0207. The first-order chi connectivity index (χ1) is 11.5. The third kappa shape index (κ3) is 3.68. The first-order valence-electron chi connectivity index (χ1n) is 8.05. The summed E-state index contributed by atoms with van der Waals surface area (Å²) in [6.45, 7) is 5.04. The molecule has 2 aromatic carbocycles. The van der Waals surface area contributed by atoms with Crippen molar-refractivity contribution in [1.82, 2.24) is 4.90 Å². The Labute approximate surface area is 147 Å². The second-order valence-electron chi connectivity index (χ2n) is 6.13. The van der Waals surface area contributed by atoms with Crippen LogP contribution in [-0.2, 0) is 0 Å². The zero-order valence-corrected chi connectivity index (χ0v) is 14.1. The molecule has 0 N–H and O–H groups in total. The van der Waals surface area contributed by atoms with Gasteiger partial charge in [0.25, 0.3) is 5.91 Å². The van der Waals surface area contributed by atoms with Crippen molar-refractivity contribution in [1.29, 1.82) is 0 Å². The van der Waals surface area contributed by atoms with E-state index >= 15 is 0 Å². The lowest BCUT2D eigenvalue weighted by Gasteiger charge is -2.31. The number of carbonyl (C=O) groups excluding carboxylic acids is 2. The van der Waals surface area contributed by atoms with Gasteiger partial charge >= 0.3 is 0 Å². The fraction of sp³-hybridized carbons (Fsp3) is 0.250. The van der Waals surface area contributed by atoms with Crippen LogP contribution < -0.4 is 0 Å². The van der Waals surface area contributed by atoms with Crippen molar-refractivity contribution in [2.75, 3.05) is 13.1 Å². The number of hydrogen-bond acceptors (Lipinski definition) is 2. The van der Waals surface area contributed by atoms with Gasteiger partial charge in [0.2, 0.25) is 0 Å². The van der Waals surface area contributed by atoms with E-state index in [1.807, 2.05) is 17.0 Å². The Balaban J connectivity index is 1.61. The van der Waals surface area contributed by atoms with Gasteiger partial charge in [0, 0.05) is 35.2 Å². The molecule has 2 aromatic rings. The van der Waals surface area contributed by atoms with Crippen LogP contribution in [0, 0.1) is 12.8 Å². The number of amides is 1. The number of Topliss-reactive ketones (excluding diaryl/α,β-unsaturated/α-hetero) is 1. The number of carbonyl (C=O) groups is 2. The van der Waals surface area contributed by atoms with Crippen molar-refractivity contribution >= 4 is 23.3 Å². The molecule has 1 aliphatic rings. The smallest absolute Gasteiger partial charge is 0.253 e. The van der Waals surface area contributed by atoms with Gasteiger partial charge in [-0.2, -0.15) is 0 Å². The first kappa shape index (κ1) is 16.7. The molecule has 1 fully saturated rings. The van der Waals surface area contributed by atoms with E-state index in [0.717, 1.165) is 5.56 Å². The number of halogens is 1. The Kier molecular flexibility index (Phi) is 5.00. The van der Waals surface area contributed by atoms with Crippen LogP contribution in [0.3, 0.4) is 0 Å². The highest BCUT2D eigenvalue weighted by molar-refractivity contribution is 6.30. The third-order valence-corrected chi connectivity index (χ3v) is 4.73. The van der Waals surface area contributed by atoms with E-state index in [1.165, 1.54) is 0 Å². The molecule has 0 saturated carbocycles. The molecule has 3 rings (SSSR count). The number of ketones is 1. The van der Waals surface area contributed by atoms with E-state index in [2.05, 4.69) is 6.92 Å². The molecule has 1 radical (unpaired) electrons. The molecule has 0 aromatic heterocycles. The Bertz CT molecular complexity index is 664. The van der Waals surface area contributed by atoms with Gasteiger partial charge in [0.05, 0.1) is 0 Å². The minimum Gasteiger partial charge on any atom is -0.339 e. The summed E-state index contributed by atoms with van der Waals surface area (Å²) in [6.07, 6.45) is 1.39. The summed E-state index contributed by atoms with van der Waals surface area (Å²) in [5.74, 6) is 0.130. The average Bonchev–Trinajstić information content (AvgIpc) is 2.62. The second-order valence-corrected chi connectivity index (χ2v) is 6.57. The fourth-order valence-electron chi connectivity index (χ4n) is 3.02. The molecule has 1 amide bonds. The van der Waals surface area contributed by atoms with Crippen molar-refractivity contribution < 1.29 is 9.59 Å². The van der Waals surface area contributed by atoms with Crippen LogP contribution in [0.5, 0.6) is 0 Å². The normalized spacial score (nSPS) is 15.3. The quantitative estimate of drug-likeness (QED) is 0.783. The Morgan fingerprint density at radius 1 is 0.917 bits per heavy atom. The van der Waals surface area contributed by atoms with Crippen molar-refractivity contribution in [2.24, 2.45) is 5.92 Å². The van der Waals surface area contributed by atoms with Crippen LogP contribution >= 0.6 is 11.6 Å². The Morgan fingerprint density at radius 2 is 1.46 bits per heavy atom. The number of rotatable bonds is 3. The molecule has 0 bridgehead atoms. The highest BCUT2D eigenvalue weighted by Gasteiger charge is 2.28. The molecular weight excluding hydrogens is 322 g/mol. The summed E-state index contributed by atoms with van der Waals surface area (Å²) in [5.41, 5.74) is 2.25. The van der Waals surface area contributed by atoms with Gasteiger partial charge in [-0.05, 0) is 61.7 Å². The van der Waals surface area contributed by atoms with Crippen LogP contribution in [0.1, 0.15) is 39.1 Å². The highest BCUT2D eigenvalue weighted by Crippen LogP contribution is 2.24. The van der Waals surface area contributed by atoms with Gasteiger partial charge in [-0.1, -0.05) is 23.7 Å². The second kappa shape index (κ2) is 7.18. The highest BCUT2D eigenvalue weighted by atomic mass is 35.5. The minimum atomic E-state index is -0.0301. The maximum atomic E-state index is 12.5. The third-order valence-electron chi connectivity index (χ3n) is 4.48.